The number of carbonyl (C=O) groups is 1. The third kappa shape index (κ3) is 4.34. The van der Waals surface area contributed by atoms with Crippen LogP contribution in [0.2, 0.25) is 0 Å². The standard InChI is InChI=1S/C16H22BrNO/c1-12-14(17)9-6-10-15(12)18-16(19)11-13-7-4-2-3-5-8-13/h6,9-10,13H,2-5,7-8,11H2,1H3,(H,18,19). The molecule has 2 rings (SSSR count). The molecule has 3 heteroatoms. The summed E-state index contributed by atoms with van der Waals surface area (Å²) >= 11 is 3.49. The summed E-state index contributed by atoms with van der Waals surface area (Å²) in [4.78, 5) is 12.1. The molecule has 2 nitrogen and oxygen atoms in total. The number of carbonyl (C=O) groups excluding carboxylic acids is 1. The average molecular weight is 324 g/mol. The first-order valence-corrected chi connectivity index (χ1v) is 8.01. The third-order valence-electron chi connectivity index (χ3n) is 3.99. The van der Waals surface area contributed by atoms with E-state index in [4.69, 9.17) is 0 Å². The number of anilines is 1. The first-order valence-electron chi connectivity index (χ1n) is 7.22. The summed E-state index contributed by atoms with van der Waals surface area (Å²) in [5.41, 5.74) is 2.02. The second-order valence-corrected chi connectivity index (χ2v) is 6.38. The SMILES string of the molecule is Cc1c(Br)cccc1NC(=O)CC1CCCCCC1. The van der Waals surface area contributed by atoms with Crippen LogP contribution in [0.1, 0.15) is 50.5 Å². The molecule has 1 fully saturated rings. The van der Waals surface area contributed by atoms with Crippen LogP contribution in [-0.4, -0.2) is 5.91 Å². The lowest BCUT2D eigenvalue weighted by Crippen LogP contribution is -2.17. The zero-order valence-electron chi connectivity index (χ0n) is 11.5. The van der Waals surface area contributed by atoms with Crippen molar-refractivity contribution in [2.24, 2.45) is 5.92 Å². The highest BCUT2D eigenvalue weighted by atomic mass is 79.9. The summed E-state index contributed by atoms with van der Waals surface area (Å²) in [6.45, 7) is 2.02. The smallest absolute Gasteiger partial charge is 0.224 e. The minimum absolute atomic E-state index is 0.160. The van der Waals surface area contributed by atoms with Crippen molar-refractivity contribution in [2.75, 3.05) is 5.32 Å². The zero-order chi connectivity index (χ0) is 13.7. The van der Waals surface area contributed by atoms with E-state index in [1.54, 1.807) is 0 Å². The van der Waals surface area contributed by atoms with Gasteiger partial charge in [0.05, 0.1) is 0 Å². The zero-order valence-corrected chi connectivity index (χ0v) is 13.1. The van der Waals surface area contributed by atoms with Gasteiger partial charge in [0.2, 0.25) is 5.91 Å². The lowest BCUT2D eigenvalue weighted by molar-refractivity contribution is -0.117. The third-order valence-corrected chi connectivity index (χ3v) is 4.85. The normalized spacial score (nSPS) is 16.9. The number of nitrogens with one attached hydrogen (secondary N) is 1. The van der Waals surface area contributed by atoms with Crippen LogP contribution in [0.15, 0.2) is 22.7 Å². The van der Waals surface area contributed by atoms with Crippen LogP contribution in [-0.2, 0) is 4.79 Å². The van der Waals surface area contributed by atoms with Crippen LogP contribution >= 0.6 is 15.9 Å². The number of amides is 1. The molecule has 0 aromatic heterocycles. The Labute approximate surface area is 124 Å². The number of hydrogen-bond donors (Lipinski definition) is 1. The Morgan fingerprint density at radius 3 is 2.63 bits per heavy atom. The van der Waals surface area contributed by atoms with E-state index < -0.39 is 0 Å². The molecular formula is C16H22BrNO. The lowest BCUT2D eigenvalue weighted by atomic mass is 9.96. The summed E-state index contributed by atoms with van der Waals surface area (Å²) in [6, 6.07) is 5.92. The van der Waals surface area contributed by atoms with E-state index in [0.29, 0.717) is 12.3 Å². The van der Waals surface area contributed by atoms with Gasteiger partial charge in [0, 0.05) is 16.6 Å². The maximum atomic E-state index is 12.1. The van der Waals surface area contributed by atoms with E-state index in [-0.39, 0.29) is 5.91 Å². The van der Waals surface area contributed by atoms with Crippen LogP contribution < -0.4 is 5.32 Å². The summed E-state index contributed by atoms with van der Waals surface area (Å²) < 4.78 is 1.04. The molecule has 1 amide bonds. The molecule has 1 aliphatic carbocycles. The first-order chi connectivity index (χ1) is 9.16. The fraction of sp³-hybridized carbons (Fsp3) is 0.562. The minimum atomic E-state index is 0.160. The van der Waals surface area contributed by atoms with Crippen molar-refractivity contribution < 1.29 is 4.79 Å². The van der Waals surface area contributed by atoms with E-state index in [1.807, 2.05) is 25.1 Å². The van der Waals surface area contributed by atoms with Gasteiger partial charge in [0.15, 0.2) is 0 Å². The molecule has 0 radical (unpaired) electrons. The highest BCUT2D eigenvalue weighted by Crippen LogP contribution is 2.27. The molecule has 1 N–H and O–H groups in total. The largest absolute Gasteiger partial charge is 0.326 e. The molecule has 0 aliphatic heterocycles. The van der Waals surface area contributed by atoms with Gasteiger partial charge in [0.25, 0.3) is 0 Å². The van der Waals surface area contributed by atoms with Crippen molar-refractivity contribution in [2.45, 2.75) is 51.9 Å². The molecule has 19 heavy (non-hydrogen) atoms. The predicted octanol–water partition coefficient (Wildman–Crippen LogP) is 5.06. The van der Waals surface area contributed by atoms with Crippen molar-refractivity contribution in [3.05, 3.63) is 28.2 Å². The topological polar surface area (TPSA) is 29.1 Å². The fourth-order valence-corrected chi connectivity index (χ4v) is 3.14. The summed E-state index contributed by atoms with van der Waals surface area (Å²) in [7, 11) is 0. The molecule has 1 aliphatic rings. The molecule has 1 aromatic carbocycles. The predicted molar refractivity (Wildman–Crippen MR) is 83.3 cm³/mol. The summed E-state index contributed by atoms with van der Waals surface area (Å²) in [5, 5.41) is 3.05. The van der Waals surface area contributed by atoms with Gasteiger partial charge < -0.3 is 5.32 Å². The number of hydrogen-bond acceptors (Lipinski definition) is 1. The molecule has 0 unspecified atom stereocenters. The average Bonchev–Trinajstić information content (AvgIpc) is 2.63. The molecular weight excluding hydrogens is 302 g/mol. The second kappa shape index (κ2) is 7.09. The van der Waals surface area contributed by atoms with Gasteiger partial charge in [-0.05, 0) is 43.4 Å². The molecule has 1 aromatic rings. The van der Waals surface area contributed by atoms with Crippen molar-refractivity contribution >= 4 is 27.5 Å². The van der Waals surface area contributed by atoms with Crippen LogP contribution in [0.5, 0.6) is 0 Å². The van der Waals surface area contributed by atoms with Gasteiger partial charge in [-0.15, -0.1) is 0 Å². The maximum Gasteiger partial charge on any atom is 0.224 e. The highest BCUT2D eigenvalue weighted by Gasteiger charge is 2.16. The van der Waals surface area contributed by atoms with Crippen LogP contribution in [0.3, 0.4) is 0 Å². The van der Waals surface area contributed by atoms with E-state index in [1.165, 1.54) is 38.5 Å². The Balaban J connectivity index is 1.91. The molecule has 1 saturated carbocycles. The van der Waals surface area contributed by atoms with Gasteiger partial charge in [-0.25, -0.2) is 0 Å². The van der Waals surface area contributed by atoms with Crippen molar-refractivity contribution in [3.63, 3.8) is 0 Å². The fourth-order valence-electron chi connectivity index (χ4n) is 2.77. The van der Waals surface area contributed by atoms with Gasteiger partial charge in [0.1, 0.15) is 0 Å². The van der Waals surface area contributed by atoms with E-state index in [0.717, 1.165) is 15.7 Å². The number of rotatable bonds is 3. The first kappa shape index (κ1) is 14.6. The Kier molecular flexibility index (Phi) is 5.44. The van der Waals surface area contributed by atoms with Crippen molar-refractivity contribution in [1.82, 2.24) is 0 Å². The van der Waals surface area contributed by atoms with Crippen molar-refractivity contribution in [1.29, 1.82) is 0 Å². The maximum absolute atomic E-state index is 12.1. The van der Waals surface area contributed by atoms with E-state index in [2.05, 4.69) is 21.2 Å². The Bertz CT molecular complexity index is 436. The monoisotopic (exact) mass is 323 g/mol. The van der Waals surface area contributed by atoms with Crippen LogP contribution in [0, 0.1) is 12.8 Å². The number of benzene rings is 1. The van der Waals surface area contributed by atoms with E-state index in [9.17, 15) is 4.79 Å². The highest BCUT2D eigenvalue weighted by molar-refractivity contribution is 9.10. The Hall–Kier alpha value is -0.830. The van der Waals surface area contributed by atoms with Crippen LogP contribution in [0.25, 0.3) is 0 Å². The molecule has 0 heterocycles. The molecule has 0 bridgehead atoms. The Morgan fingerprint density at radius 1 is 1.26 bits per heavy atom. The van der Waals surface area contributed by atoms with Gasteiger partial charge in [-0.1, -0.05) is 47.7 Å². The molecule has 0 spiro atoms. The second-order valence-electron chi connectivity index (χ2n) is 5.52. The van der Waals surface area contributed by atoms with Crippen LogP contribution in [0.4, 0.5) is 5.69 Å². The molecule has 104 valence electrons. The molecule has 0 atom stereocenters. The van der Waals surface area contributed by atoms with Crippen molar-refractivity contribution in [3.8, 4) is 0 Å². The Morgan fingerprint density at radius 2 is 1.95 bits per heavy atom. The van der Waals surface area contributed by atoms with E-state index >= 15 is 0 Å². The minimum Gasteiger partial charge on any atom is -0.326 e. The lowest BCUT2D eigenvalue weighted by Gasteiger charge is -2.15. The summed E-state index contributed by atoms with van der Waals surface area (Å²) in [5.74, 6) is 0.739. The number of halogens is 1. The van der Waals surface area contributed by atoms with Gasteiger partial charge in [-0.2, -0.15) is 0 Å². The quantitative estimate of drug-likeness (QED) is 0.774. The van der Waals surface area contributed by atoms with Gasteiger partial charge >= 0.3 is 0 Å². The van der Waals surface area contributed by atoms with Gasteiger partial charge in [-0.3, -0.25) is 4.79 Å². The summed E-state index contributed by atoms with van der Waals surface area (Å²) in [6.07, 6.45) is 8.34. The molecule has 0 saturated heterocycles.